The van der Waals surface area contributed by atoms with Gasteiger partial charge >= 0.3 is 11.9 Å². The van der Waals surface area contributed by atoms with E-state index in [2.05, 4.69) is 93.7 Å². The zero-order chi connectivity index (χ0) is 49.2. The number of carbonyl (C=O) groups excluding carboxylic acids is 2. The van der Waals surface area contributed by atoms with Gasteiger partial charge in [0, 0.05) is 12.5 Å². The van der Waals surface area contributed by atoms with E-state index in [0.29, 0.717) is 11.1 Å². The van der Waals surface area contributed by atoms with Gasteiger partial charge < -0.3 is 27.8 Å². The van der Waals surface area contributed by atoms with Crippen LogP contribution >= 0.6 is 0 Å². The smallest absolute Gasteiger partial charge is 0.338 e. The van der Waals surface area contributed by atoms with Crippen molar-refractivity contribution in [2.75, 3.05) is 0 Å². The standard InChI is InChI=1S/C53H71NO10SSi2/c1-33-26-28-39(29-27-33)65(57,58)54-32-38-30-40(34(2)63-66(12,13)51(4,5)6)41(35(3)64-67(14,15)52(7,8)9)31-42(38)43-44(54)46-48(62-53(10,11)61-46)47(60-50(56)37-24-20-17-21-25-37)45(43)59-49(55)36-22-18-16-19-23-36/h16-31,34-35,43-48H,32H2,1-15H3/t34?,35?,43-,44-,45+,46+,47+,48+/m1/s1. The van der Waals surface area contributed by atoms with Crippen LogP contribution in [0, 0.1) is 6.92 Å². The number of rotatable bonds is 12. The fourth-order valence-electron chi connectivity index (χ4n) is 9.21. The highest BCUT2D eigenvalue weighted by Gasteiger charge is 2.65. The highest BCUT2D eigenvalue weighted by molar-refractivity contribution is 7.89. The van der Waals surface area contributed by atoms with Crippen molar-refractivity contribution in [1.29, 1.82) is 0 Å². The Bertz CT molecular complexity index is 2550. The molecule has 2 aliphatic heterocycles. The lowest BCUT2D eigenvalue weighted by atomic mass is 9.69. The molecule has 67 heavy (non-hydrogen) atoms. The maximum absolute atomic E-state index is 15.5. The van der Waals surface area contributed by atoms with Crippen LogP contribution in [-0.4, -0.2) is 77.5 Å². The van der Waals surface area contributed by atoms with E-state index in [4.69, 9.17) is 27.8 Å². The van der Waals surface area contributed by atoms with Crippen LogP contribution in [0.3, 0.4) is 0 Å². The molecule has 14 heteroatoms. The highest BCUT2D eigenvalue weighted by Crippen LogP contribution is 2.53. The van der Waals surface area contributed by atoms with Gasteiger partial charge in [-0.1, -0.05) is 108 Å². The van der Waals surface area contributed by atoms with E-state index in [1.165, 1.54) is 4.31 Å². The monoisotopic (exact) mass is 969 g/mol. The van der Waals surface area contributed by atoms with Crippen molar-refractivity contribution in [1.82, 2.24) is 4.31 Å². The van der Waals surface area contributed by atoms with Gasteiger partial charge in [-0.3, -0.25) is 0 Å². The zero-order valence-electron chi connectivity index (χ0n) is 42.0. The van der Waals surface area contributed by atoms with Crippen LogP contribution in [0.25, 0.3) is 0 Å². The maximum atomic E-state index is 15.5. The first kappa shape index (κ1) is 50.9. The molecule has 2 unspecified atom stereocenters. The summed E-state index contributed by atoms with van der Waals surface area (Å²) in [6.07, 6.45) is -5.35. The third-order valence-corrected chi connectivity index (χ3v) is 25.8. The summed E-state index contributed by atoms with van der Waals surface area (Å²) in [6.45, 7) is 31.7. The molecule has 2 fully saturated rings. The maximum Gasteiger partial charge on any atom is 0.338 e. The average molecular weight is 970 g/mol. The fraction of sp³-hybridized carbons (Fsp3) is 0.509. The third kappa shape index (κ3) is 10.2. The Morgan fingerprint density at radius 3 is 1.61 bits per heavy atom. The SMILES string of the molecule is Cc1ccc(S(=O)(=O)N2Cc3cc(C(C)O[Si](C)(C)C(C)(C)C)c(C(C)O[Si](C)(C)C(C)(C)C)cc3[C@H]3[C@H](OC(=O)c4ccccc4)[C@H](OC(=O)c4ccccc4)[C@H]4OC(C)(C)O[C@H]4[C@@H]32)cc1. The van der Waals surface area contributed by atoms with Crippen LogP contribution in [0.5, 0.6) is 0 Å². The summed E-state index contributed by atoms with van der Waals surface area (Å²) in [7, 11) is -9.04. The Balaban J connectivity index is 1.52. The first-order valence-electron chi connectivity index (χ1n) is 23.5. The van der Waals surface area contributed by atoms with Crippen molar-refractivity contribution in [3.63, 3.8) is 0 Å². The molecule has 4 aromatic carbocycles. The van der Waals surface area contributed by atoms with Crippen LogP contribution in [-0.2, 0) is 44.4 Å². The number of ether oxygens (including phenoxy) is 4. The molecule has 362 valence electrons. The van der Waals surface area contributed by atoms with Crippen molar-refractivity contribution in [3.8, 4) is 0 Å². The summed E-state index contributed by atoms with van der Waals surface area (Å²) in [6, 6.07) is 27.2. The molecule has 0 aromatic heterocycles. The molecule has 1 saturated carbocycles. The molecular weight excluding hydrogens is 899 g/mol. The van der Waals surface area contributed by atoms with Gasteiger partial charge in [-0.15, -0.1) is 0 Å². The van der Waals surface area contributed by atoms with E-state index >= 15 is 8.42 Å². The topological polar surface area (TPSA) is 127 Å². The van der Waals surface area contributed by atoms with E-state index < -0.39 is 93.0 Å². The molecule has 11 nitrogen and oxygen atoms in total. The molecule has 0 N–H and O–H groups in total. The number of esters is 2. The average Bonchev–Trinajstić information content (AvgIpc) is 3.58. The summed E-state index contributed by atoms with van der Waals surface area (Å²) in [4.78, 5) is 28.9. The van der Waals surface area contributed by atoms with E-state index in [-0.39, 0.29) is 27.1 Å². The quantitative estimate of drug-likeness (QED) is 0.1000. The number of nitrogens with zero attached hydrogens (tertiary/aromatic N) is 1. The van der Waals surface area contributed by atoms with E-state index in [1.54, 1.807) is 98.8 Å². The second-order valence-corrected chi connectivity index (χ2v) is 33.5. The largest absolute Gasteiger partial charge is 0.454 e. The first-order chi connectivity index (χ1) is 31.0. The lowest BCUT2D eigenvalue weighted by Crippen LogP contribution is -2.67. The molecule has 1 saturated heterocycles. The first-order valence-corrected chi connectivity index (χ1v) is 30.8. The van der Waals surface area contributed by atoms with Gasteiger partial charge in [-0.05, 0) is 130 Å². The summed E-state index contributed by atoms with van der Waals surface area (Å²) in [5.74, 6) is -3.49. The van der Waals surface area contributed by atoms with Gasteiger partial charge in [0.05, 0.1) is 34.3 Å². The number of aryl methyl sites for hydroxylation is 1. The Labute approximate surface area is 401 Å². The van der Waals surface area contributed by atoms with Crippen molar-refractivity contribution in [3.05, 3.63) is 136 Å². The zero-order valence-corrected chi connectivity index (χ0v) is 44.8. The predicted molar refractivity (Wildman–Crippen MR) is 265 cm³/mol. The third-order valence-electron chi connectivity index (χ3n) is 14.8. The lowest BCUT2D eigenvalue weighted by Gasteiger charge is -2.52. The molecule has 0 amide bonds. The molecule has 7 rings (SSSR count). The summed E-state index contributed by atoms with van der Waals surface area (Å²) < 4.78 is 73.5. The molecule has 0 spiro atoms. The van der Waals surface area contributed by atoms with Crippen molar-refractivity contribution in [2.45, 2.75) is 178 Å². The fourth-order valence-corrected chi connectivity index (χ4v) is 13.6. The minimum Gasteiger partial charge on any atom is -0.454 e. The highest BCUT2D eigenvalue weighted by atomic mass is 32.2. The van der Waals surface area contributed by atoms with Crippen LogP contribution in [0.15, 0.2) is 102 Å². The van der Waals surface area contributed by atoms with Crippen molar-refractivity contribution in [2.24, 2.45) is 0 Å². The second kappa shape index (κ2) is 18.4. The van der Waals surface area contributed by atoms with Gasteiger partial charge in [-0.25, -0.2) is 18.0 Å². The summed E-state index contributed by atoms with van der Waals surface area (Å²) >= 11 is 0. The van der Waals surface area contributed by atoms with Crippen molar-refractivity contribution >= 4 is 38.6 Å². The molecule has 3 aliphatic rings. The number of hydrogen-bond donors (Lipinski definition) is 0. The van der Waals surface area contributed by atoms with Crippen LogP contribution < -0.4 is 0 Å². The lowest BCUT2D eigenvalue weighted by molar-refractivity contribution is -0.161. The number of sulfonamides is 1. The minimum absolute atomic E-state index is 0.0366. The minimum atomic E-state index is -4.30. The number of carbonyl (C=O) groups is 2. The summed E-state index contributed by atoms with van der Waals surface area (Å²) in [5, 5.41) is -0.199. The van der Waals surface area contributed by atoms with Gasteiger partial charge in [0.1, 0.15) is 12.2 Å². The van der Waals surface area contributed by atoms with E-state index in [1.807, 2.05) is 6.92 Å². The second-order valence-electron chi connectivity index (χ2n) is 22.1. The molecule has 8 atom stereocenters. The number of benzene rings is 4. The van der Waals surface area contributed by atoms with Crippen molar-refractivity contribution < 1.29 is 45.8 Å². The molecule has 0 bridgehead atoms. The molecule has 0 radical (unpaired) electrons. The van der Waals surface area contributed by atoms with Gasteiger partial charge in [0.2, 0.25) is 10.0 Å². The van der Waals surface area contributed by atoms with Gasteiger partial charge in [0.15, 0.2) is 34.6 Å². The van der Waals surface area contributed by atoms with Crippen LogP contribution in [0.1, 0.15) is 136 Å². The normalized spacial score (nSPS) is 24.2. The van der Waals surface area contributed by atoms with Crippen LogP contribution in [0.4, 0.5) is 0 Å². The van der Waals surface area contributed by atoms with E-state index in [0.717, 1.165) is 22.3 Å². The number of fused-ring (bicyclic) bond motifs is 5. The Morgan fingerprint density at radius 2 is 1.13 bits per heavy atom. The molecular formula is C53H71NO10SSi2. The van der Waals surface area contributed by atoms with Crippen LogP contribution in [0.2, 0.25) is 36.3 Å². The molecule has 1 aliphatic carbocycles. The predicted octanol–water partition coefficient (Wildman–Crippen LogP) is 11.8. The molecule has 2 heterocycles. The van der Waals surface area contributed by atoms with Gasteiger partial charge in [-0.2, -0.15) is 4.31 Å². The Hall–Kier alpha value is -4.00. The summed E-state index contributed by atoms with van der Waals surface area (Å²) in [5.41, 5.74) is 4.70. The van der Waals surface area contributed by atoms with E-state index in [9.17, 15) is 9.59 Å². The van der Waals surface area contributed by atoms with Gasteiger partial charge in [0.25, 0.3) is 0 Å². The Kier molecular flexibility index (Phi) is 14.0. The number of hydrogen-bond acceptors (Lipinski definition) is 10. The molecule has 4 aromatic rings. The Morgan fingerprint density at radius 1 is 0.687 bits per heavy atom.